The molecular weight excluding hydrogens is 1090 g/mol. The summed E-state index contributed by atoms with van der Waals surface area (Å²) < 4.78 is 2.10. The predicted molar refractivity (Wildman–Crippen MR) is 312 cm³/mol. The number of benzene rings is 6. The van der Waals surface area contributed by atoms with Gasteiger partial charge in [0.25, 0.3) is 0 Å². The number of hydrogen-bond donors (Lipinski definition) is 2. The van der Waals surface area contributed by atoms with Crippen LogP contribution in [0.1, 0.15) is 142 Å². The number of hydrogen-bond acceptors (Lipinski definition) is 8. The molecular formula is C61H60Cl4N4O6S2. The van der Waals surface area contributed by atoms with Crippen molar-refractivity contribution in [3.8, 4) is 0 Å². The molecule has 2 amide bonds. The van der Waals surface area contributed by atoms with Crippen molar-refractivity contribution < 1.29 is 29.4 Å². The summed E-state index contributed by atoms with van der Waals surface area (Å²) in [6.07, 6.45) is 1.48. The summed E-state index contributed by atoms with van der Waals surface area (Å²) in [5.74, 6) is -2.73. The normalized spacial score (nSPS) is 22.2. The molecule has 77 heavy (non-hydrogen) atoms. The number of piperidine rings is 2. The van der Waals surface area contributed by atoms with E-state index in [0.29, 0.717) is 45.8 Å². The van der Waals surface area contributed by atoms with Gasteiger partial charge >= 0.3 is 11.9 Å². The molecule has 400 valence electrons. The van der Waals surface area contributed by atoms with Gasteiger partial charge < -0.3 is 20.0 Å². The Morgan fingerprint density at radius 2 is 0.909 bits per heavy atom. The zero-order chi connectivity index (χ0) is 54.1. The first-order chi connectivity index (χ1) is 36.4. The average Bonchev–Trinajstić information content (AvgIpc) is 4.03. The maximum Gasteiger partial charge on any atom is 0.304 e. The average molecular weight is 1150 g/mol. The molecule has 0 bridgehead atoms. The van der Waals surface area contributed by atoms with Gasteiger partial charge in [-0.05, 0) is 121 Å². The van der Waals surface area contributed by atoms with Gasteiger partial charge in [0, 0.05) is 31.9 Å². The molecule has 0 saturated carbocycles. The van der Waals surface area contributed by atoms with E-state index in [1.807, 2.05) is 169 Å². The standard InChI is InChI=1S/2C30H28Cl2N2O3S.CH4/c2*1-3-24(28-33-23-9-4-5-10-25(23)38-28)34-27(18-11-13-20(31)14-12-18)22(19-7-6-8-21(32)15-19)16-30(2,29(34)37)17-26(35)36;/h2*4-15,22,24,27H,3,16-17H2,1-2H3,(H,35,36);1H4/t22-,24+,27-,30-;22-,24-,27-,30-;/m11./s1. The second-order valence-electron chi connectivity index (χ2n) is 20.3. The molecule has 6 aromatic carbocycles. The minimum Gasteiger partial charge on any atom is -0.481 e. The van der Waals surface area contributed by atoms with E-state index in [1.165, 1.54) is 0 Å². The van der Waals surface area contributed by atoms with E-state index >= 15 is 0 Å². The number of para-hydroxylation sites is 2. The molecule has 10 rings (SSSR count). The number of rotatable bonds is 14. The van der Waals surface area contributed by atoms with Crippen LogP contribution in [0.15, 0.2) is 146 Å². The van der Waals surface area contributed by atoms with Crippen LogP contribution < -0.4 is 0 Å². The summed E-state index contributed by atoms with van der Waals surface area (Å²) in [7, 11) is 0. The summed E-state index contributed by atoms with van der Waals surface area (Å²) in [6, 6.07) is 44.9. The van der Waals surface area contributed by atoms with Crippen molar-refractivity contribution in [3.63, 3.8) is 0 Å². The van der Waals surface area contributed by atoms with E-state index in [4.69, 9.17) is 56.4 Å². The molecule has 0 spiro atoms. The second-order valence-corrected chi connectivity index (χ2v) is 24.2. The van der Waals surface area contributed by atoms with Gasteiger partial charge in [-0.1, -0.05) is 154 Å². The SMILES string of the molecule is C.CC[C@@H](c1nc2ccccc2s1)N1C(=O)[C@@](C)(CC(=O)O)C[C@H](c2cccc(Cl)c2)[C@H]1c1ccc(Cl)cc1.CC[C@H](c1nc2ccccc2s1)N1C(=O)[C@@](C)(CC(=O)O)C[C@H](c2cccc(Cl)c2)[C@H]1c1ccc(Cl)cc1. The van der Waals surface area contributed by atoms with Crippen LogP contribution in [-0.2, 0) is 19.2 Å². The Balaban J connectivity index is 0.000000201. The third kappa shape index (κ3) is 12.1. The lowest BCUT2D eigenvalue weighted by molar-refractivity contribution is -0.161. The van der Waals surface area contributed by atoms with Crippen molar-refractivity contribution in [3.05, 3.63) is 198 Å². The summed E-state index contributed by atoms with van der Waals surface area (Å²) in [5, 5.41) is 23.8. The molecule has 8 aromatic rings. The van der Waals surface area contributed by atoms with E-state index in [2.05, 4.69) is 0 Å². The van der Waals surface area contributed by atoms with E-state index in [-0.39, 0.29) is 68.1 Å². The number of carboxylic acids is 2. The lowest BCUT2D eigenvalue weighted by Crippen LogP contribution is -2.53. The number of carbonyl (C=O) groups excluding carboxylic acids is 2. The van der Waals surface area contributed by atoms with Gasteiger partial charge in [-0.25, -0.2) is 9.97 Å². The Hall–Kier alpha value is -5.86. The number of amides is 2. The molecule has 2 N–H and O–H groups in total. The Labute approximate surface area is 477 Å². The molecule has 8 atom stereocenters. The Morgan fingerprint density at radius 3 is 1.23 bits per heavy atom. The van der Waals surface area contributed by atoms with Gasteiger partial charge in [-0.3, -0.25) is 19.2 Å². The molecule has 2 aromatic heterocycles. The minimum absolute atomic E-state index is 0. The first-order valence-electron chi connectivity index (χ1n) is 25.2. The highest BCUT2D eigenvalue weighted by Crippen LogP contribution is 2.56. The van der Waals surface area contributed by atoms with Gasteiger partial charge in [0.15, 0.2) is 0 Å². The fraction of sp³-hybridized carbons (Fsp3) is 0.311. The number of halogens is 4. The zero-order valence-corrected chi connectivity index (χ0v) is 46.9. The summed E-state index contributed by atoms with van der Waals surface area (Å²) >= 11 is 28.5. The molecule has 2 aliphatic rings. The van der Waals surface area contributed by atoms with Crippen LogP contribution in [-0.4, -0.2) is 53.7 Å². The van der Waals surface area contributed by atoms with Gasteiger partial charge in [-0.2, -0.15) is 0 Å². The van der Waals surface area contributed by atoms with Crippen molar-refractivity contribution in [1.82, 2.24) is 19.8 Å². The van der Waals surface area contributed by atoms with Crippen LogP contribution in [0.4, 0.5) is 0 Å². The van der Waals surface area contributed by atoms with Crippen molar-refractivity contribution in [2.24, 2.45) is 10.8 Å². The smallest absolute Gasteiger partial charge is 0.304 e. The molecule has 0 aliphatic carbocycles. The van der Waals surface area contributed by atoms with Crippen molar-refractivity contribution in [2.75, 3.05) is 0 Å². The molecule has 2 aliphatic heterocycles. The quantitative estimate of drug-likeness (QED) is 0.110. The number of aromatic nitrogens is 2. The van der Waals surface area contributed by atoms with Crippen LogP contribution in [0.3, 0.4) is 0 Å². The lowest BCUT2D eigenvalue weighted by atomic mass is 9.67. The highest BCUT2D eigenvalue weighted by Gasteiger charge is 2.54. The Bertz CT molecular complexity index is 3140. The molecule has 4 heterocycles. The number of thiazole rings is 2. The number of fused-ring (bicyclic) bond motifs is 2. The highest BCUT2D eigenvalue weighted by atomic mass is 35.5. The molecule has 10 nitrogen and oxygen atoms in total. The topological polar surface area (TPSA) is 141 Å². The Morgan fingerprint density at radius 1 is 0.545 bits per heavy atom. The van der Waals surface area contributed by atoms with E-state index < -0.39 is 22.8 Å². The third-order valence-corrected chi connectivity index (χ3v) is 18.1. The van der Waals surface area contributed by atoms with Crippen molar-refractivity contribution in [1.29, 1.82) is 0 Å². The highest BCUT2D eigenvalue weighted by molar-refractivity contribution is 7.19. The number of likely N-dealkylation sites (tertiary alicyclic amines) is 2. The first-order valence-corrected chi connectivity index (χ1v) is 28.4. The second kappa shape index (κ2) is 24.0. The molecule has 0 radical (unpaired) electrons. The van der Waals surface area contributed by atoms with Crippen LogP contribution in [0.5, 0.6) is 0 Å². The molecule has 2 fully saturated rings. The summed E-state index contributed by atoms with van der Waals surface area (Å²) in [6.45, 7) is 7.63. The summed E-state index contributed by atoms with van der Waals surface area (Å²) in [5.41, 5.74) is 3.36. The fourth-order valence-electron chi connectivity index (χ4n) is 11.5. The van der Waals surface area contributed by atoms with Crippen LogP contribution in [0, 0.1) is 10.8 Å². The van der Waals surface area contributed by atoms with Gasteiger partial charge in [0.1, 0.15) is 10.0 Å². The van der Waals surface area contributed by atoms with Crippen molar-refractivity contribution >= 4 is 113 Å². The first kappa shape index (κ1) is 57.3. The third-order valence-electron chi connectivity index (χ3n) is 14.9. The predicted octanol–water partition coefficient (Wildman–Crippen LogP) is 17.2. The summed E-state index contributed by atoms with van der Waals surface area (Å²) in [4.78, 5) is 66.6. The number of carboxylic acid groups (broad SMARTS) is 2. The number of nitrogens with zero attached hydrogens (tertiary/aromatic N) is 4. The van der Waals surface area contributed by atoms with Gasteiger partial charge in [-0.15, -0.1) is 22.7 Å². The fourth-order valence-corrected chi connectivity index (χ4v) is 14.4. The van der Waals surface area contributed by atoms with Crippen LogP contribution >= 0.6 is 69.1 Å². The zero-order valence-electron chi connectivity index (χ0n) is 42.2. The maximum atomic E-state index is 14.5. The van der Waals surface area contributed by atoms with E-state index in [0.717, 1.165) is 52.7 Å². The Kier molecular flexibility index (Phi) is 17.9. The minimum atomic E-state index is -1.11. The molecule has 0 unspecified atom stereocenters. The van der Waals surface area contributed by atoms with Crippen LogP contribution in [0.2, 0.25) is 20.1 Å². The number of carbonyl (C=O) groups is 4. The van der Waals surface area contributed by atoms with Gasteiger partial charge in [0.05, 0.1) is 68.3 Å². The number of aliphatic carboxylic acids is 2. The molecule has 16 heteroatoms. The maximum absolute atomic E-state index is 14.5. The van der Waals surface area contributed by atoms with Crippen LogP contribution in [0.25, 0.3) is 20.4 Å². The van der Waals surface area contributed by atoms with E-state index in [1.54, 1.807) is 36.5 Å². The monoisotopic (exact) mass is 1150 g/mol. The largest absolute Gasteiger partial charge is 0.481 e. The van der Waals surface area contributed by atoms with Gasteiger partial charge in [0.2, 0.25) is 11.8 Å². The molecule has 2 saturated heterocycles. The van der Waals surface area contributed by atoms with E-state index in [9.17, 15) is 29.4 Å². The van der Waals surface area contributed by atoms with Crippen molar-refractivity contribution in [2.45, 2.75) is 110 Å². The lowest BCUT2D eigenvalue weighted by Gasteiger charge is -2.51.